The van der Waals surface area contributed by atoms with E-state index >= 15 is 0 Å². The maximum atomic E-state index is 13.1. The molecule has 3 nitrogen and oxygen atoms in total. The Morgan fingerprint density at radius 3 is 2.89 bits per heavy atom. The zero-order chi connectivity index (χ0) is 13.1. The van der Waals surface area contributed by atoms with E-state index in [1.54, 1.807) is 18.4 Å². The fraction of sp³-hybridized carbons (Fsp3) is 0.154. The number of hydrogen-bond acceptors (Lipinski definition) is 3. The first kappa shape index (κ1) is 12.6. The van der Waals surface area contributed by atoms with Crippen LogP contribution in [0.2, 0.25) is 0 Å². The molecule has 0 spiro atoms. The van der Waals surface area contributed by atoms with Crippen LogP contribution in [0, 0.1) is 5.82 Å². The third-order valence-corrected chi connectivity index (χ3v) is 3.37. The molecular weight excluding hydrogens is 253 g/mol. The lowest BCUT2D eigenvalue weighted by atomic mass is 10.1. The molecule has 0 bridgehead atoms. The number of carbonyl (C=O) groups excluding carboxylic acids is 1. The van der Waals surface area contributed by atoms with E-state index < -0.39 is 11.7 Å². The first-order chi connectivity index (χ1) is 8.58. The average Bonchev–Trinajstić information content (AvgIpc) is 2.84. The van der Waals surface area contributed by atoms with Gasteiger partial charge in [0.25, 0.3) is 5.91 Å². The van der Waals surface area contributed by atoms with Crippen LogP contribution < -0.4 is 0 Å². The van der Waals surface area contributed by atoms with Crippen molar-refractivity contribution < 1.29 is 14.3 Å². The van der Waals surface area contributed by atoms with Gasteiger partial charge in [-0.25, -0.2) is 4.39 Å². The van der Waals surface area contributed by atoms with Gasteiger partial charge in [-0.15, -0.1) is 11.3 Å². The van der Waals surface area contributed by atoms with Gasteiger partial charge in [-0.2, -0.15) is 0 Å². The number of phenolic OH excluding ortho intramolecular Hbond substituents is 1. The molecule has 1 N–H and O–H groups in total. The molecule has 1 aromatic heterocycles. The second kappa shape index (κ2) is 5.18. The molecule has 2 rings (SSSR count). The molecular formula is C13H12FNO2S. The van der Waals surface area contributed by atoms with Crippen molar-refractivity contribution >= 4 is 17.2 Å². The molecule has 1 amide bonds. The number of nitrogens with zero attached hydrogens (tertiary/aromatic N) is 1. The summed E-state index contributed by atoms with van der Waals surface area (Å²) in [4.78, 5) is 14.5. The average molecular weight is 265 g/mol. The normalized spacial score (nSPS) is 10.3. The predicted octanol–water partition coefficient (Wildman–Crippen LogP) is 2.87. The van der Waals surface area contributed by atoms with Crippen LogP contribution >= 0.6 is 11.3 Å². The van der Waals surface area contributed by atoms with Crippen LogP contribution in [0.4, 0.5) is 4.39 Å². The number of phenols is 1. The summed E-state index contributed by atoms with van der Waals surface area (Å²) < 4.78 is 13.1. The van der Waals surface area contributed by atoms with Crippen molar-refractivity contribution in [2.45, 2.75) is 6.54 Å². The third-order valence-electron chi connectivity index (χ3n) is 2.51. The van der Waals surface area contributed by atoms with Crippen LogP contribution in [0.15, 0.2) is 35.7 Å². The van der Waals surface area contributed by atoms with Gasteiger partial charge in [-0.3, -0.25) is 4.79 Å². The van der Waals surface area contributed by atoms with Crippen molar-refractivity contribution in [1.29, 1.82) is 0 Å². The van der Waals surface area contributed by atoms with Gasteiger partial charge in [-0.05, 0) is 29.6 Å². The molecule has 0 fully saturated rings. The Hall–Kier alpha value is -1.88. The van der Waals surface area contributed by atoms with Crippen molar-refractivity contribution in [1.82, 2.24) is 4.90 Å². The first-order valence-electron chi connectivity index (χ1n) is 5.34. The lowest BCUT2D eigenvalue weighted by Crippen LogP contribution is -2.26. The highest BCUT2D eigenvalue weighted by atomic mass is 32.1. The molecule has 2 aromatic rings. The number of benzene rings is 1. The lowest BCUT2D eigenvalue weighted by Gasteiger charge is -2.16. The SMILES string of the molecule is CN(Cc1cccs1)C(=O)c1cc(F)ccc1O. The smallest absolute Gasteiger partial charge is 0.257 e. The lowest BCUT2D eigenvalue weighted by molar-refractivity contribution is 0.0783. The molecule has 0 radical (unpaired) electrons. The Balaban J connectivity index is 2.17. The molecule has 5 heteroatoms. The highest BCUT2D eigenvalue weighted by Crippen LogP contribution is 2.20. The van der Waals surface area contributed by atoms with E-state index in [0.717, 1.165) is 17.0 Å². The van der Waals surface area contributed by atoms with Gasteiger partial charge in [0, 0.05) is 11.9 Å². The zero-order valence-electron chi connectivity index (χ0n) is 9.76. The van der Waals surface area contributed by atoms with E-state index in [1.807, 2.05) is 17.5 Å². The van der Waals surface area contributed by atoms with Crippen molar-refractivity contribution in [3.63, 3.8) is 0 Å². The predicted molar refractivity (Wildman–Crippen MR) is 68.2 cm³/mol. The van der Waals surface area contributed by atoms with Gasteiger partial charge in [-0.1, -0.05) is 6.07 Å². The maximum Gasteiger partial charge on any atom is 0.257 e. The number of aromatic hydroxyl groups is 1. The minimum Gasteiger partial charge on any atom is -0.507 e. The van der Waals surface area contributed by atoms with Gasteiger partial charge in [0.2, 0.25) is 0 Å². The van der Waals surface area contributed by atoms with Gasteiger partial charge < -0.3 is 10.0 Å². The van der Waals surface area contributed by atoms with E-state index in [-0.39, 0.29) is 11.3 Å². The molecule has 1 aromatic carbocycles. The molecule has 0 unspecified atom stereocenters. The summed E-state index contributed by atoms with van der Waals surface area (Å²) in [5.74, 6) is -1.15. The first-order valence-corrected chi connectivity index (χ1v) is 6.22. The van der Waals surface area contributed by atoms with Crippen molar-refractivity contribution in [3.8, 4) is 5.75 Å². The van der Waals surface area contributed by atoms with Gasteiger partial charge in [0.15, 0.2) is 0 Å². The number of carbonyl (C=O) groups is 1. The van der Waals surface area contributed by atoms with E-state index in [9.17, 15) is 14.3 Å². The van der Waals surface area contributed by atoms with Crippen LogP contribution in [-0.2, 0) is 6.54 Å². The number of halogens is 1. The Labute approximate surface area is 108 Å². The van der Waals surface area contributed by atoms with E-state index in [4.69, 9.17) is 0 Å². The largest absolute Gasteiger partial charge is 0.507 e. The van der Waals surface area contributed by atoms with Crippen molar-refractivity contribution in [2.75, 3.05) is 7.05 Å². The summed E-state index contributed by atoms with van der Waals surface area (Å²) in [7, 11) is 1.62. The second-order valence-electron chi connectivity index (χ2n) is 3.90. The molecule has 0 saturated heterocycles. The minimum atomic E-state index is -0.541. The summed E-state index contributed by atoms with van der Waals surface area (Å²) in [6.45, 7) is 0.437. The van der Waals surface area contributed by atoms with Gasteiger partial charge >= 0.3 is 0 Å². The van der Waals surface area contributed by atoms with Crippen LogP contribution in [-0.4, -0.2) is 23.0 Å². The van der Waals surface area contributed by atoms with Crippen LogP contribution in [0.1, 0.15) is 15.2 Å². The van der Waals surface area contributed by atoms with Crippen LogP contribution in [0.5, 0.6) is 5.75 Å². The Bertz CT molecular complexity index is 554. The topological polar surface area (TPSA) is 40.5 Å². The highest BCUT2D eigenvalue weighted by molar-refractivity contribution is 7.09. The minimum absolute atomic E-state index is 0.0194. The Kier molecular flexibility index (Phi) is 3.62. The maximum absolute atomic E-state index is 13.1. The fourth-order valence-electron chi connectivity index (χ4n) is 1.59. The van der Waals surface area contributed by atoms with Gasteiger partial charge in [0.1, 0.15) is 11.6 Å². The quantitative estimate of drug-likeness (QED) is 0.927. The second-order valence-corrected chi connectivity index (χ2v) is 4.93. The molecule has 0 aliphatic carbocycles. The summed E-state index contributed by atoms with van der Waals surface area (Å²) in [6, 6.07) is 7.16. The molecule has 0 atom stereocenters. The van der Waals surface area contributed by atoms with Crippen LogP contribution in [0.3, 0.4) is 0 Å². The molecule has 0 aliphatic rings. The molecule has 0 saturated carbocycles. The fourth-order valence-corrected chi connectivity index (χ4v) is 2.35. The highest BCUT2D eigenvalue weighted by Gasteiger charge is 2.17. The number of thiophene rings is 1. The zero-order valence-corrected chi connectivity index (χ0v) is 10.6. The monoisotopic (exact) mass is 265 g/mol. The summed E-state index contributed by atoms with van der Waals surface area (Å²) in [6.07, 6.45) is 0. The van der Waals surface area contributed by atoms with E-state index in [2.05, 4.69) is 0 Å². The summed E-state index contributed by atoms with van der Waals surface area (Å²) >= 11 is 1.54. The standard InChI is InChI=1S/C13H12FNO2S/c1-15(8-10-3-2-6-18-10)13(17)11-7-9(14)4-5-12(11)16/h2-7,16H,8H2,1H3. The third kappa shape index (κ3) is 2.68. The molecule has 18 heavy (non-hydrogen) atoms. The van der Waals surface area contributed by atoms with E-state index in [1.165, 1.54) is 11.0 Å². The molecule has 94 valence electrons. The van der Waals surface area contributed by atoms with Crippen molar-refractivity contribution in [2.24, 2.45) is 0 Å². The molecule has 0 aliphatic heterocycles. The number of amides is 1. The van der Waals surface area contributed by atoms with Crippen LogP contribution in [0.25, 0.3) is 0 Å². The van der Waals surface area contributed by atoms with Crippen molar-refractivity contribution in [3.05, 3.63) is 52.0 Å². The van der Waals surface area contributed by atoms with E-state index in [0.29, 0.717) is 6.54 Å². The Morgan fingerprint density at radius 2 is 2.22 bits per heavy atom. The summed E-state index contributed by atoms with van der Waals surface area (Å²) in [5.41, 5.74) is -0.0194. The Morgan fingerprint density at radius 1 is 1.44 bits per heavy atom. The van der Waals surface area contributed by atoms with Gasteiger partial charge in [0.05, 0.1) is 12.1 Å². The summed E-state index contributed by atoms with van der Waals surface area (Å²) in [5, 5.41) is 11.5. The number of hydrogen-bond donors (Lipinski definition) is 1. The number of rotatable bonds is 3. The molecule has 1 heterocycles.